The van der Waals surface area contributed by atoms with Crippen LogP contribution in [0.5, 0.6) is 0 Å². The van der Waals surface area contributed by atoms with Crippen molar-refractivity contribution in [1.29, 1.82) is 0 Å². The van der Waals surface area contributed by atoms with E-state index in [1.807, 2.05) is 19.0 Å². The molecule has 6 heteroatoms. The van der Waals surface area contributed by atoms with Gasteiger partial charge in [0.05, 0.1) is 0 Å². The molecular weight excluding hydrogens is 254 g/mol. The van der Waals surface area contributed by atoms with Gasteiger partial charge in [-0.3, -0.25) is 9.59 Å². The first-order valence-corrected chi connectivity index (χ1v) is 5.84. The summed E-state index contributed by atoms with van der Waals surface area (Å²) in [5.74, 6) is -3.89. The van der Waals surface area contributed by atoms with E-state index in [1.165, 1.54) is 0 Å². The van der Waals surface area contributed by atoms with Gasteiger partial charge in [-0.25, -0.2) is 8.78 Å². The van der Waals surface area contributed by atoms with Crippen molar-refractivity contribution >= 4 is 11.7 Å². The Morgan fingerprint density at radius 1 is 1.21 bits per heavy atom. The van der Waals surface area contributed by atoms with Gasteiger partial charge >= 0.3 is 0 Å². The van der Waals surface area contributed by atoms with Crippen LogP contribution in [0.15, 0.2) is 18.2 Å². The number of rotatable bonds is 6. The quantitative estimate of drug-likeness (QED) is 0.480. The van der Waals surface area contributed by atoms with Crippen LogP contribution in [0.4, 0.5) is 8.78 Å². The fourth-order valence-electron chi connectivity index (χ4n) is 1.45. The number of nitrogens with zero attached hydrogens (tertiary/aromatic N) is 1. The molecule has 0 aliphatic heterocycles. The van der Waals surface area contributed by atoms with Crippen LogP contribution in [0, 0.1) is 11.6 Å². The van der Waals surface area contributed by atoms with E-state index in [0.29, 0.717) is 13.0 Å². The Kier molecular flexibility index (Phi) is 5.57. The predicted octanol–water partition coefficient (Wildman–Crippen LogP) is 1.22. The molecule has 0 radical (unpaired) electrons. The van der Waals surface area contributed by atoms with Gasteiger partial charge in [0.15, 0.2) is 11.6 Å². The molecule has 4 nitrogen and oxygen atoms in total. The maximum absolute atomic E-state index is 12.9. The highest BCUT2D eigenvalue weighted by molar-refractivity contribution is 6.42. The minimum atomic E-state index is -1.15. The van der Waals surface area contributed by atoms with Gasteiger partial charge in [-0.15, -0.1) is 0 Å². The van der Waals surface area contributed by atoms with E-state index >= 15 is 0 Å². The number of carbonyl (C=O) groups excluding carboxylic acids is 2. The third-order valence-corrected chi connectivity index (χ3v) is 2.46. The van der Waals surface area contributed by atoms with Gasteiger partial charge in [0.2, 0.25) is 5.78 Å². The Morgan fingerprint density at radius 2 is 1.89 bits per heavy atom. The molecule has 1 aromatic rings. The van der Waals surface area contributed by atoms with Crippen LogP contribution in [0.2, 0.25) is 0 Å². The number of halogens is 2. The molecule has 1 aromatic carbocycles. The van der Waals surface area contributed by atoms with Gasteiger partial charge in [-0.05, 0) is 45.3 Å². The molecule has 0 aliphatic rings. The lowest BCUT2D eigenvalue weighted by atomic mass is 10.1. The lowest BCUT2D eigenvalue weighted by Crippen LogP contribution is -2.33. The monoisotopic (exact) mass is 270 g/mol. The molecule has 0 aliphatic carbocycles. The highest BCUT2D eigenvalue weighted by Crippen LogP contribution is 2.09. The van der Waals surface area contributed by atoms with E-state index in [4.69, 9.17) is 0 Å². The highest BCUT2D eigenvalue weighted by atomic mass is 19.2. The molecule has 1 amide bonds. The van der Waals surface area contributed by atoms with E-state index in [9.17, 15) is 18.4 Å². The molecular formula is C13H16F2N2O2. The Hall–Kier alpha value is -1.82. The third-order valence-electron chi connectivity index (χ3n) is 2.46. The Morgan fingerprint density at radius 3 is 2.47 bits per heavy atom. The molecule has 1 N–H and O–H groups in total. The van der Waals surface area contributed by atoms with Crippen molar-refractivity contribution < 1.29 is 18.4 Å². The van der Waals surface area contributed by atoms with Crippen molar-refractivity contribution in [3.05, 3.63) is 35.4 Å². The van der Waals surface area contributed by atoms with Gasteiger partial charge in [-0.2, -0.15) is 0 Å². The minimum Gasteiger partial charge on any atom is -0.349 e. The van der Waals surface area contributed by atoms with Crippen LogP contribution in [0.25, 0.3) is 0 Å². The van der Waals surface area contributed by atoms with Crippen molar-refractivity contribution in [2.45, 2.75) is 6.42 Å². The number of carbonyl (C=O) groups is 2. The third kappa shape index (κ3) is 4.75. The molecule has 104 valence electrons. The second-order valence-electron chi connectivity index (χ2n) is 4.37. The first-order chi connectivity index (χ1) is 8.91. The summed E-state index contributed by atoms with van der Waals surface area (Å²) in [6.45, 7) is 1.13. The zero-order valence-electron chi connectivity index (χ0n) is 10.9. The average Bonchev–Trinajstić information content (AvgIpc) is 2.36. The minimum absolute atomic E-state index is 0.163. The summed E-state index contributed by atoms with van der Waals surface area (Å²) in [5.41, 5.74) is -0.163. The van der Waals surface area contributed by atoms with Crippen molar-refractivity contribution in [1.82, 2.24) is 10.2 Å². The van der Waals surface area contributed by atoms with Crippen molar-refractivity contribution in [2.75, 3.05) is 27.2 Å². The molecule has 0 aromatic heterocycles. The summed E-state index contributed by atoms with van der Waals surface area (Å²) in [6, 6.07) is 2.62. The summed E-state index contributed by atoms with van der Waals surface area (Å²) in [6.07, 6.45) is 0.698. The lowest BCUT2D eigenvalue weighted by molar-refractivity contribution is -0.117. The normalized spacial score (nSPS) is 10.6. The van der Waals surface area contributed by atoms with Gasteiger partial charge in [0.1, 0.15) is 0 Å². The summed E-state index contributed by atoms with van der Waals surface area (Å²) >= 11 is 0. The van der Waals surface area contributed by atoms with Crippen molar-refractivity contribution in [3.63, 3.8) is 0 Å². The SMILES string of the molecule is CN(C)CCCNC(=O)C(=O)c1ccc(F)c(F)c1. The van der Waals surface area contributed by atoms with Crippen LogP contribution in [0.1, 0.15) is 16.8 Å². The number of benzene rings is 1. The van der Waals surface area contributed by atoms with Crippen molar-refractivity contribution in [2.24, 2.45) is 0 Å². The number of hydrogen-bond donors (Lipinski definition) is 1. The number of hydrogen-bond acceptors (Lipinski definition) is 3. The maximum Gasteiger partial charge on any atom is 0.292 e. The predicted molar refractivity (Wildman–Crippen MR) is 66.9 cm³/mol. The Labute approximate surface area is 110 Å². The van der Waals surface area contributed by atoms with E-state index in [0.717, 1.165) is 24.7 Å². The van der Waals surface area contributed by atoms with Crippen LogP contribution in [-0.4, -0.2) is 43.8 Å². The molecule has 0 bridgehead atoms. The lowest BCUT2D eigenvalue weighted by Gasteiger charge is -2.09. The number of amides is 1. The molecule has 0 fully saturated rings. The van der Waals surface area contributed by atoms with Crippen LogP contribution in [0.3, 0.4) is 0 Å². The molecule has 0 saturated heterocycles. The van der Waals surface area contributed by atoms with E-state index < -0.39 is 23.3 Å². The van der Waals surface area contributed by atoms with Crippen LogP contribution >= 0.6 is 0 Å². The van der Waals surface area contributed by atoms with E-state index in [2.05, 4.69) is 5.32 Å². The Balaban J connectivity index is 2.52. The highest BCUT2D eigenvalue weighted by Gasteiger charge is 2.17. The van der Waals surface area contributed by atoms with Gasteiger partial charge in [0, 0.05) is 12.1 Å². The Bertz CT molecular complexity index is 476. The second-order valence-corrected chi connectivity index (χ2v) is 4.37. The number of ketones is 1. The number of Topliss-reactive ketones (excluding diaryl/α,β-unsaturated/α-hetero) is 1. The second kappa shape index (κ2) is 6.94. The standard InChI is InChI=1S/C13H16F2N2O2/c1-17(2)7-3-6-16-13(19)12(18)9-4-5-10(14)11(15)8-9/h4-5,8H,3,6-7H2,1-2H3,(H,16,19). The molecule has 19 heavy (non-hydrogen) atoms. The largest absolute Gasteiger partial charge is 0.349 e. The zero-order chi connectivity index (χ0) is 14.4. The summed E-state index contributed by atoms with van der Waals surface area (Å²) in [5, 5.41) is 2.44. The van der Waals surface area contributed by atoms with Crippen LogP contribution < -0.4 is 5.32 Å². The molecule has 0 saturated carbocycles. The molecule has 1 rings (SSSR count). The van der Waals surface area contributed by atoms with Gasteiger partial charge < -0.3 is 10.2 Å². The van der Waals surface area contributed by atoms with Gasteiger partial charge in [0.25, 0.3) is 5.91 Å². The molecule has 0 spiro atoms. The van der Waals surface area contributed by atoms with Crippen molar-refractivity contribution in [3.8, 4) is 0 Å². The van der Waals surface area contributed by atoms with E-state index in [-0.39, 0.29) is 5.56 Å². The molecule has 0 unspecified atom stereocenters. The number of nitrogens with one attached hydrogen (secondary N) is 1. The van der Waals surface area contributed by atoms with Crippen LogP contribution in [-0.2, 0) is 4.79 Å². The first kappa shape index (κ1) is 15.2. The average molecular weight is 270 g/mol. The summed E-state index contributed by atoms with van der Waals surface area (Å²) < 4.78 is 25.6. The molecule has 0 heterocycles. The molecule has 0 atom stereocenters. The maximum atomic E-state index is 12.9. The zero-order valence-corrected chi connectivity index (χ0v) is 10.9. The van der Waals surface area contributed by atoms with E-state index in [1.54, 1.807) is 0 Å². The smallest absolute Gasteiger partial charge is 0.292 e. The first-order valence-electron chi connectivity index (χ1n) is 5.84. The fraction of sp³-hybridized carbons (Fsp3) is 0.385. The van der Waals surface area contributed by atoms with Gasteiger partial charge in [-0.1, -0.05) is 0 Å². The summed E-state index contributed by atoms with van der Waals surface area (Å²) in [4.78, 5) is 25.1. The topological polar surface area (TPSA) is 49.4 Å². The summed E-state index contributed by atoms with van der Waals surface area (Å²) in [7, 11) is 3.79. The fourth-order valence-corrected chi connectivity index (χ4v) is 1.45.